The Labute approximate surface area is 190 Å². The minimum Gasteiger partial charge on any atom is -0.454 e. The van der Waals surface area contributed by atoms with E-state index in [0.717, 1.165) is 17.7 Å². The molecule has 12 heteroatoms. The van der Waals surface area contributed by atoms with E-state index >= 15 is 0 Å². The summed E-state index contributed by atoms with van der Waals surface area (Å²) in [5.41, 5.74) is 1.34. The molecule has 2 aliphatic heterocycles. The molecule has 0 bridgehead atoms. The second kappa shape index (κ2) is 8.52. The Morgan fingerprint density at radius 1 is 1.21 bits per heavy atom. The quantitative estimate of drug-likeness (QED) is 0.573. The van der Waals surface area contributed by atoms with E-state index in [4.69, 9.17) is 14.3 Å². The van der Waals surface area contributed by atoms with Crippen molar-refractivity contribution in [2.24, 2.45) is 5.92 Å². The highest BCUT2D eigenvalue weighted by atomic mass is 32.2. The number of anilines is 1. The number of nitrogens with zero attached hydrogens (tertiary/aromatic N) is 4. The number of carbonyl (C=O) groups is 1. The number of ether oxygens (including phenoxy) is 2. The molecule has 5 rings (SSSR count). The number of benzene rings is 2. The number of hydrogen-bond donors (Lipinski definition) is 1. The number of sulfonamides is 1. The zero-order valence-corrected chi connectivity index (χ0v) is 18.7. The van der Waals surface area contributed by atoms with Crippen LogP contribution >= 0.6 is 0 Å². The van der Waals surface area contributed by atoms with E-state index in [-0.39, 0.29) is 18.3 Å². The first kappa shape index (κ1) is 21.5. The van der Waals surface area contributed by atoms with Gasteiger partial charge in [-0.05, 0) is 54.3 Å². The van der Waals surface area contributed by atoms with Crippen molar-refractivity contribution in [3.8, 4) is 11.5 Å². The van der Waals surface area contributed by atoms with Crippen molar-refractivity contribution in [2.75, 3.05) is 31.8 Å². The van der Waals surface area contributed by atoms with E-state index in [0.29, 0.717) is 47.2 Å². The summed E-state index contributed by atoms with van der Waals surface area (Å²) in [4.78, 5) is 19.0. The van der Waals surface area contributed by atoms with Crippen molar-refractivity contribution in [1.82, 2.24) is 19.5 Å². The van der Waals surface area contributed by atoms with Gasteiger partial charge in [0.25, 0.3) is 5.91 Å². The molecule has 1 N–H and O–H groups in total. The van der Waals surface area contributed by atoms with Crippen molar-refractivity contribution >= 4 is 32.7 Å². The summed E-state index contributed by atoms with van der Waals surface area (Å²) < 4.78 is 38.3. The molecule has 0 aliphatic carbocycles. The predicted molar refractivity (Wildman–Crippen MR) is 117 cm³/mol. The number of hydrogen-bond acceptors (Lipinski definition) is 8. The van der Waals surface area contributed by atoms with Crippen LogP contribution in [0, 0.1) is 5.92 Å². The highest BCUT2D eigenvalue weighted by molar-refractivity contribution is 7.89. The minimum absolute atomic E-state index is 0.140. The van der Waals surface area contributed by atoms with Crippen LogP contribution in [0.4, 0.5) is 5.69 Å². The number of piperidine rings is 1. The van der Waals surface area contributed by atoms with E-state index in [9.17, 15) is 13.2 Å². The topological polar surface area (TPSA) is 125 Å². The lowest BCUT2D eigenvalue weighted by molar-refractivity contribution is -0.121. The van der Waals surface area contributed by atoms with Gasteiger partial charge < -0.3 is 19.6 Å². The fraction of sp³-hybridized carbons (Fsp3) is 0.381. The molecule has 3 heterocycles. The first-order valence-corrected chi connectivity index (χ1v) is 12.0. The molecule has 0 radical (unpaired) electrons. The zero-order chi connectivity index (χ0) is 23.0. The Hall–Kier alpha value is -3.38. The molecule has 2 aliphatic rings. The minimum atomic E-state index is -3.65. The van der Waals surface area contributed by atoms with Crippen LogP contribution in [0.3, 0.4) is 0 Å². The molecule has 0 spiro atoms. The largest absolute Gasteiger partial charge is 0.454 e. The number of fused-ring (bicyclic) bond motifs is 2. The van der Waals surface area contributed by atoms with E-state index in [1.54, 1.807) is 24.3 Å². The van der Waals surface area contributed by atoms with E-state index in [1.807, 2.05) is 6.92 Å². The Bertz CT molecular complexity index is 1310. The maximum Gasteiger partial charge on any atom is 0.265 e. The Morgan fingerprint density at radius 3 is 2.91 bits per heavy atom. The van der Waals surface area contributed by atoms with Crippen LogP contribution in [0.25, 0.3) is 11.0 Å². The molecule has 1 atom stereocenters. The summed E-state index contributed by atoms with van der Waals surface area (Å²) >= 11 is 0. The van der Waals surface area contributed by atoms with Crippen molar-refractivity contribution in [2.45, 2.75) is 24.7 Å². The third-order valence-electron chi connectivity index (χ3n) is 5.62. The zero-order valence-electron chi connectivity index (χ0n) is 17.9. The van der Waals surface area contributed by atoms with Gasteiger partial charge in [-0.2, -0.15) is 4.31 Å². The van der Waals surface area contributed by atoms with Gasteiger partial charge in [0.2, 0.25) is 16.8 Å². The summed E-state index contributed by atoms with van der Waals surface area (Å²) in [5, 5.41) is 10.6. The monoisotopic (exact) mass is 473 g/mol. The first-order chi connectivity index (χ1) is 15.9. The van der Waals surface area contributed by atoms with Crippen molar-refractivity contribution in [1.29, 1.82) is 0 Å². The second-order valence-corrected chi connectivity index (χ2v) is 10.1. The number of nitrogens with one attached hydrogen (secondary N) is 1. The number of rotatable bonds is 6. The summed E-state index contributed by atoms with van der Waals surface area (Å²) in [5.74, 6) is 1.05. The van der Waals surface area contributed by atoms with Gasteiger partial charge in [0, 0.05) is 24.8 Å². The summed E-state index contributed by atoms with van der Waals surface area (Å²) in [6.07, 6.45) is 1.85. The normalized spacial score (nSPS) is 18.4. The van der Waals surface area contributed by atoms with E-state index in [2.05, 4.69) is 15.6 Å². The lowest BCUT2D eigenvalue weighted by Crippen LogP contribution is -2.39. The fourth-order valence-corrected chi connectivity index (χ4v) is 5.56. The van der Waals surface area contributed by atoms with Gasteiger partial charge in [-0.15, -0.1) is 5.10 Å². The number of aromatic nitrogens is 3. The molecular formula is C21H23N5O6S. The van der Waals surface area contributed by atoms with Gasteiger partial charge in [-0.3, -0.25) is 4.79 Å². The Kier molecular flexibility index (Phi) is 5.54. The standard InChI is InChI=1S/C21H23N5O6S/c1-14-3-2-8-25(11-14)33(28,29)16-5-6-17-18(10-16)26(24-23-17)32-12-21(27)22-15-4-7-19-20(9-15)31-13-30-19/h4-7,9-10,14H,2-3,8,11-13H2,1H3,(H,22,27). The molecule has 174 valence electrons. The number of carbonyl (C=O) groups excluding carboxylic acids is 1. The molecular weight excluding hydrogens is 450 g/mol. The van der Waals surface area contributed by atoms with Crippen LogP contribution in [-0.4, -0.2) is 60.3 Å². The van der Waals surface area contributed by atoms with Gasteiger partial charge in [0.1, 0.15) is 11.0 Å². The third-order valence-corrected chi connectivity index (χ3v) is 7.48. The van der Waals surface area contributed by atoms with Crippen molar-refractivity contribution in [3.63, 3.8) is 0 Å². The van der Waals surface area contributed by atoms with Gasteiger partial charge in [-0.1, -0.05) is 11.8 Å². The van der Waals surface area contributed by atoms with Crippen LogP contribution in [-0.2, 0) is 14.8 Å². The maximum atomic E-state index is 13.1. The van der Waals surface area contributed by atoms with Crippen LogP contribution in [0.15, 0.2) is 41.3 Å². The molecule has 3 aromatic rings. The van der Waals surface area contributed by atoms with E-state index < -0.39 is 15.9 Å². The van der Waals surface area contributed by atoms with E-state index in [1.165, 1.54) is 16.4 Å². The highest BCUT2D eigenvalue weighted by Crippen LogP contribution is 2.34. The summed E-state index contributed by atoms with van der Waals surface area (Å²) in [6.45, 7) is 2.83. The SMILES string of the molecule is CC1CCCN(S(=O)(=O)c2ccc3nnn(OCC(=O)Nc4ccc5c(c4)OCO5)c3c2)C1. The number of amides is 1. The Morgan fingerprint density at radius 2 is 2.06 bits per heavy atom. The predicted octanol–water partition coefficient (Wildman–Crippen LogP) is 1.65. The fourth-order valence-electron chi connectivity index (χ4n) is 3.94. The third kappa shape index (κ3) is 4.31. The molecule has 2 aromatic carbocycles. The molecule has 33 heavy (non-hydrogen) atoms. The molecule has 1 saturated heterocycles. The van der Waals surface area contributed by atoms with Crippen LogP contribution < -0.4 is 19.6 Å². The lowest BCUT2D eigenvalue weighted by atomic mass is 10.0. The van der Waals surface area contributed by atoms with Crippen LogP contribution in [0.2, 0.25) is 0 Å². The lowest BCUT2D eigenvalue weighted by Gasteiger charge is -2.30. The van der Waals surface area contributed by atoms with Crippen LogP contribution in [0.1, 0.15) is 19.8 Å². The average Bonchev–Trinajstić information content (AvgIpc) is 3.43. The molecule has 1 fully saturated rings. The van der Waals surface area contributed by atoms with Gasteiger partial charge in [0.05, 0.1) is 4.90 Å². The Balaban J connectivity index is 1.29. The van der Waals surface area contributed by atoms with Gasteiger partial charge in [-0.25, -0.2) is 8.42 Å². The first-order valence-electron chi connectivity index (χ1n) is 10.6. The maximum absolute atomic E-state index is 13.1. The van der Waals surface area contributed by atoms with Gasteiger partial charge >= 0.3 is 0 Å². The molecule has 1 unspecified atom stereocenters. The average molecular weight is 474 g/mol. The second-order valence-electron chi connectivity index (χ2n) is 8.11. The summed E-state index contributed by atoms with van der Waals surface area (Å²) in [7, 11) is -3.65. The molecule has 11 nitrogen and oxygen atoms in total. The molecule has 1 aromatic heterocycles. The highest BCUT2D eigenvalue weighted by Gasteiger charge is 2.29. The van der Waals surface area contributed by atoms with Gasteiger partial charge in [0.15, 0.2) is 18.1 Å². The van der Waals surface area contributed by atoms with Crippen LogP contribution in [0.5, 0.6) is 11.5 Å². The smallest absolute Gasteiger partial charge is 0.265 e. The molecule has 1 amide bonds. The summed E-state index contributed by atoms with van der Waals surface area (Å²) in [6, 6.07) is 9.62. The van der Waals surface area contributed by atoms with Crippen molar-refractivity contribution in [3.05, 3.63) is 36.4 Å². The van der Waals surface area contributed by atoms with Crippen molar-refractivity contribution < 1.29 is 27.5 Å². The molecule has 0 saturated carbocycles.